The second-order valence-electron chi connectivity index (χ2n) is 7.84. The van der Waals surface area contributed by atoms with Crippen LogP contribution < -0.4 is 0 Å². The quantitative estimate of drug-likeness (QED) is 0.711. The highest BCUT2D eigenvalue weighted by Gasteiger charge is 2.83. The van der Waals surface area contributed by atoms with E-state index in [1.165, 1.54) is 27.4 Å². The maximum Gasteiger partial charge on any atom is 0.201 e. The number of alkyl halides is 1. The van der Waals surface area contributed by atoms with E-state index in [2.05, 4.69) is 4.90 Å². The molecule has 1 aliphatic heterocycles. The molecule has 0 amide bonds. The largest absolute Gasteiger partial charge is 0.498 e. The fourth-order valence-corrected chi connectivity index (χ4v) is 7.08. The summed E-state index contributed by atoms with van der Waals surface area (Å²) in [6.07, 6.45) is 1.08. The number of carbonyl (C=O) groups is 2. The number of ketones is 2. The van der Waals surface area contributed by atoms with Gasteiger partial charge in [0.25, 0.3) is 0 Å². The highest BCUT2D eigenvalue weighted by atomic mass is 35.5. The Kier molecular flexibility index (Phi) is 3.98. The zero-order valence-electron chi connectivity index (χ0n) is 15.9. The summed E-state index contributed by atoms with van der Waals surface area (Å²) in [5.74, 6) is 0.236. The van der Waals surface area contributed by atoms with Gasteiger partial charge in [0, 0.05) is 17.9 Å². The van der Waals surface area contributed by atoms with Gasteiger partial charge in [-0.3, -0.25) is 14.5 Å². The first-order valence-electron chi connectivity index (χ1n) is 8.97. The molecule has 7 nitrogen and oxygen atoms in total. The van der Waals surface area contributed by atoms with Gasteiger partial charge in [0.2, 0.25) is 11.5 Å². The lowest BCUT2D eigenvalue weighted by atomic mass is 9.52. The van der Waals surface area contributed by atoms with E-state index in [1.54, 1.807) is 0 Å². The Bertz CT molecular complexity index is 793. The van der Waals surface area contributed by atoms with E-state index in [4.69, 9.17) is 25.8 Å². The molecular formula is C19H24ClNO6. The van der Waals surface area contributed by atoms with Crippen LogP contribution in [0.4, 0.5) is 0 Å². The van der Waals surface area contributed by atoms with Crippen LogP contribution >= 0.6 is 11.6 Å². The molecule has 3 aliphatic carbocycles. The number of ether oxygens (including phenoxy) is 3. The van der Waals surface area contributed by atoms with Gasteiger partial charge < -0.3 is 19.3 Å². The Balaban J connectivity index is 2.04. The van der Waals surface area contributed by atoms with E-state index in [1.807, 2.05) is 7.05 Å². The van der Waals surface area contributed by atoms with Crippen molar-refractivity contribution in [1.29, 1.82) is 0 Å². The van der Waals surface area contributed by atoms with E-state index in [0.717, 1.165) is 0 Å². The molecule has 0 aromatic rings. The molecule has 0 aromatic heterocycles. The molecule has 2 fully saturated rings. The summed E-state index contributed by atoms with van der Waals surface area (Å²) in [5.41, 5.74) is -3.05. The highest BCUT2D eigenvalue weighted by molar-refractivity contribution is 6.25. The minimum Gasteiger partial charge on any atom is -0.498 e. The third-order valence-electron chi connectivity index (χ3n) is 7.40. The second kappa shape index (κ2) is 5.72. The van der Waals surface area contributed by atoms with Gasteiger partial charge in [0.1, 0.15) is 11.9 Å². The summed E-state index contributed by atoms with van der Waals surface area (Å²) in [6, 6.07) is 0. The van der Waals surface area contributed by atoms with Gasteiger partial charge in [-0.05, 0) is 26.4 Å². The van der Waals surface area contributed by atoms with Crippen LogP contribution in [0.5, 0.6) is 0 Å². The minimum absolute atomic E-state index is 0.0597. The average molecular weight is 398 g/mol. The van der Waals surface area contributed by atoms with Crippen molar-refractivity contribution >= 4 is 23.2 Å². The van der Waals surface area contributed by atoms with Gasteiger partial charge in [-0.15, -0.1) is 11.6 Å². The standard InChI is InChI=1S/C19H24ClNO6/c1-21-6-5-17-8-10(22)14(26-3)16(27-4)18(17,21)9-12(20)19(17)13(23)7-11(25-2)15(19)24/h7,12,15,24H,5-6,8-9H2,1-4H3/t12-,15+,17+,18+,19+/m0/s1. The lowest BCUT2D eigenvalue weighted by Crippen LogP contribution is -2.63. The number of methoxy groups -OCH3 is 3. The number of hydrogen-bond donors (Lipinski definition) is 1. The highest BCUT2D eigenvalue weighted by Crippen LogP contribution is 2.74. The third kappa shape index (κ3) is 1.72. The number of likely N-dealkylation sites (tertiary alicyclic amines) is 1. The molecule has 148 valence electrons. The summed E-state index contributed by atoms with van der Waals surface area (Å²) >= 11 is 6.85. The monoisotopic (exact) mass is 397 g/mol. The first-order chi connectivity index (χ1) is 12.8. The van der Waals surface area contributed by atoms with Crippen LogP contribution in [0.15, 0.2) is 23.4 Å². The average Bonchev–Trinajstić information content (AvgIpc) is 3.15. The number of halogens is 1. The van der Waals surface area contributed by atoms with Gasteiger partial charge in [-0.1, -0.05) is 0 Å². The first-order valence-corrected chi connectivity index (χ1v) is 9.41. The molecule has 0 bridgehead atoms. The predicted octanol–water partition coefficient (Wildman–Crippen LogP) is 0.996. The normalized spacial score (nSPS) is 43.9. The molecule has 1 saturated heterocycles. The summed E-state index contributed by atoms with van der Waals surface area (Å²) in [6.45, 7) is 0.644. The molecule has 0 radical (unpaired) electrons. The van der Waals surface area contributed by atoms with Crippen LogP contribution in [0.25, 0.3) is 0 Å². The number of Topliss-reactive ketones (excluding diaryl/α,β-unsaturated/α-hetero) is 1. The number of likely N-dealkylation sites (N-methyl/N-ethyl adjacent to an activating group) is 1. The number of aliphatic hydroxyl groups is 1. The predicted molar refractivity (Wildman–Crippen MR) is 95.9 cm³/mol. The molecule has 1 saturated carbocycles. The number of aliphatic hydroxyl groups excluding tert-OH is 1. The van der Waals surface area contributed by atoms with Crippen LogP contribution in [0.1, 0.15) is 19.3 Å². The Morgan fingerprint density at radius 1 is 1.22 bits per heavy atom. The van der Waals surface area contributed by atoms with Crippen LogP contribution in [-0.2, 0) is 23.8 Å². The number of carbonyl (C=O) groups excluding carboxylic acids is 2. The van der Waals surface area contributed by atoms with Crippen molar-refractivity contribution in [3.63, 3.8) is 0 Å². The lowest BCUT2D eigenvalue weighted by molar-refractivity contribution is -0.148. The number of nitrogens with zero attached hydrogens (tertiary/aromatic N) is 1. The molecule has 27 heavy (non-hydrogen) atoms. The van der Waals surface area contributed by atoms with Crippen molar-refractivity contribution in [1.82, 2.24) is 4.90 Å². The van der Waals surface area contributed by atoms with Gasteiger partial charge in [0.05, 0.1) is 37.7 Å². The fourth-order valence-electron chi connectivity index (χ4n) is 6.42. The summed E-state index contributed by atoms with van der Waals surface area (Å²) in [4.78, 5) is 28.4. The van der Waals surface area contributed by atoms with Crippen LogP contribution in [-0.4, -0.2) is 73.5 Å². The van der Waals surface area contributed by atoms with Crippen molar-refractivity contribution in [2.24, 2.45) is 10.8 Å². The maximum absolute atomic E-state index is 13.3. The summed E-state index contributed by atoms with van der Waals surface area (Å²) < 4.78 is 16.4. The molecule has 4 rings (SSSR count). The van der Waals surface area contributed by atoms with E-state index >= 15 is 0 Å². The molecule has 1 heterocycles. The summed E-state index contributed by atoms with van der Waals surface area (Å²) in [5, 5.41) is 10.5. The first kappa shape index (κ1) is 18.8. The van der Waals surface area contributed by atoms with E-state index in [9.17, 15) is 14.7 Å². The molecular weight excluding hydrogens is 374 g/mol. The molecule has 4 aliphatic rings. The molecule has 0 aromatic carbocycles. The van der Waals surface area contributed by atoms with Crippen molar-refractivity contribution in [2.75, 3.05) is 34.9 Å². The molecule has 8 heteroatoms. The summed E-state index contributed by atoms with van der Waals surface area (Å²) in [7, 11) is 6.29. The molecule has 5 atom stereocenters. The van der Waals surface area contributed by atoms with E-state index in [0.29, 0.717) is 25.1 Å². The van der Waals surface area contributed by atoms with Crippen molar-refractivity contribution < 1.29 is 28.9 Å². The molecule has 0 unspecified atom stereocenters. The van der Waals surface area contributed by atoms with Crippen LogP contribution in [0.2, 0.25) is 0 Å². The Hall–Kier alpha value is -1.57. The Labute approximate surface area is 162 Å². The maximum atomic E-state index is 13.3. The number of hydrogen-bond acceptors (Lipinski definition) is 7. The Morgan fingerprint density at radius 3 is 2.48 bits per heavy atom. The third-order valence-corrected chi connectivity index (χ3v) is 7.90. The van der Waals surface area contributed by atoms with Gasteiger partial charge in [0.15, 0.2) is 11.5 Å². The lowest BCUT2D eigenvalue weighted by Gasteiger charge is -2.53. The molecule has 1 spiro atoms. The topological polar surface area (TPSA) is 85.3 Å². The Morgan fingerprint density at radius 2 is 1.93 bits per heavy atom. The minimum atomic E-state index is -1.34. The van der Waals surface area contributed by atoms with Gasteiger partial charge >= 0.3 is 0 Å². The smallest absolute Gasteiger partial charge is 0.201 e. The van der Waals surface area contributed by atoms with Crippen LogP contribution in [0.3, 0.4) is 0 Å². The van der Waals surface area contributed by atoms with Gasteiger partial charge in [-0.25, -0.2) is 0 Å². The number of rotatable bonds is 3. The van der Waals surface area contributed by atoms with Crippen LogP contribution in [0, 0.1) is 10.8 Å². The second-order valence-corrected chi connectivity index (χ2v) is 8.37. The SMILES string of the molecule is COC1=CC(=O)[C@@]2([C@@H]1O)[C@@H](Cl)C[C@@]13C(OC)=C(OC)C(=O)C[C@@]21CCN3C. The van der Waals surface area contributed by atoms with E-state index < -0.39 is 27.8 Å². The number of allylic oxidation sites excluding steroid dienone is 2. The molecule has 1 N–H and O–H groups in total. The zero-order chi connectivity index (χ0) is 19.8. The van der Waals surface area contributed by atoms with Crippen molar-refractivity contribution in [2.45, 2.75) is 36.3 Å². The van der Waals surface area contributed by atoms with E-state index in [-0.39, 0.29) is 29.5 Å². The zero-order valence-corrected chi connectivity index (χ0v) is 16.6. The van der Waals surface area contributed by atoms with Gasteiger partial charge in [-0.2, -0.15) is 0 Å². The van der Waals surface area contributed by atoms with Crippen molar-refractivity contribution in [3.8, 4) is 0 Å². The van der Waals surface area contributed by atoms with Crippen molar-refractivity contribution in [3.05, 3.63) is 23.4 Å². The fraction of sp³-hybridized carbons (Fsp3) is 0.684.